The van der Waals surface area contributed by atoms with Gasteiger partial charge in [0.2, 0.25) is 5.95 Å². The first-order valence-electron chi connectivity index (χ1n) is 6.04. The highest BCUT2D eigenvalue weighted by Gasteiger charge is 2.29. The van der Waals surface area contributed by atoms with Gasteiger partial charge in [-0.15, -0.1) is 0 Å². The van der Waals surface area contributed by atoms with Crippen molar-refractivity contribution in [2.45, 2.75) is 25.7 Å². The largest absolute Gasteiger partial charge is 0.356 e. The smallest absolute Gasteiger partial charge is 0.218 e. The number of nitrogens with zero attached hydrogens (tertiary/aromatic N) is 3. The Morgan fingerprint density at radius 3 is 2.25 bits per heavy atom. The molecule has 0 amide bonds. The van der Waals surface area contributed by atoms with E-state index in [1.54, 1.807) is 0 Å². The Kier molecular flexibility index (Phi) is 2.50. The third-order valence-corrected chi connectivity index (χ3v) is 3.29. The molecule has 0 N–H and O–H groups in total. The van der Waals surface area contributed by atoms with Crippen LogP contribution in [0.15, 0.2) is 12.4 Å². The maximum atomic E-state index is 13.1. The molecule has 2 saturated carbocycles. The third kappa shape index (κ3) is 2.49. The van der Waals surface area contributed by atoms with E-state index < -0.39 is 5.95 Å². The molecular formula is C12H16FN3. The average Bonchev–Trinajstić information content (AvgIpc) is 3.11. The fourth-order valence-electron chi connectivity index (χ4n) is 1.98. The maximum Gasteiger partial charge on any atom is 0.218 e. The highest BCUT2D eigenvalue weighted by molar-refractivity contribution is 5.37. The molecular weight excluding hydrogens is 205 g/mol. The van der Waals surface area contributed by atoms with E-state index in [4.69, 9.17) is 0 Å². The normalized spacial score (nSPS) is 19.8. The summed E-state index contributed by atoms with van der Waals surface area (Å²) >= 11 is 0. The fourth-order valence-corrected chi connectivity index (χ4v) is 1.98. The molecule has 2 fully saturated rings. The molecule has 0 bridgehead atoms. The van der Waals surface area contributed by atoms with Crippen molar-refractivity contribution in [3.63, 3.8) is 0 Å². The predicted octanol–water partition coefficient (Wildman–Crippen LogP) is 2.24. The summed E-state index contributed by atoms with van der Waals surface area (Å²) in [5, 5.41) is 0. The van der Waals surface area contributed by atoms with Crippen LogP contribution in [0.2, 0.25) is 0 Å². The van der Waals surface area contributed by atoms with Gasteiger partial charge in [-0.1, -0.05) is 0 Å². The Balaban J connectivity index is 1.73. The highest BCUT2D eigenvalue weighted by Crippen LogP contribution is 2.35. The lowest BCUT2D eigenvalue weighted by atomic mass is 10.3. The summed E-state index contributed by atoms with van der Waals surface area (Å²) in [7, 11) is 0. The van der Waals surface area contributed by atoms with Crippen LogP contribution in [0.25, 0.3) is 0 Å². The molecule has 86 valence electrons. The maximum absolute atomic E-state index is 13.1. The van der Waals surface area contributed by atoms with E-state index in [9.17, 15) is 4.39 Å². The second-order valence-corrected chi connectivity index (χ2v) is 4.99. The SMILES string of the molecule is Fc1cc(N(CC2CC2)CC2CC2)ncn1. The quantitative estimate of drug-likeness (QED) is 0.714. The molecule has 1 aromatic rings. The van der Waals surface area contributed by atoms with Gasteiger partial charge in [-0.3, -0.25) is 0 Å². The van der Waals surface area contributed by atoms with Crippen molar-refractivity contribution in [3.05, 3.63) is 18.3 Å². The molecule has 0 radical (unpaired) electrons. The molecule has 0 atom stereocenters. The molecule has 0 spiro atoms. The summed E-state index contributed by atoms with van der Waals surface area (Å²) in [5.41, 5.74) is 0. The van der Waals surface area contributed by atoms with Gasteiger partial charge in [-0.25, -0.2) is 9.97 Å². The molecule has 0 aliphatic heterocycles. The van der Waals surface area contributed by atoms with Gasteiger partial charge in [0.05, 0.1) is 0 Å². The van der Waals surface area contributed by atoms with Crippen LogP contribution < -0.4 is 4.90 Å². The van der Waals surface area contributed by atoms with Crippen LogP contribution in [0.1, 0.15) is 25.7 Å². The minimum Gasteiger partial charge on any atom is -0.356 e. The van der Waals surface area contributed by atoms with Gasteiger partial charge < -0.3 is 4.90 Å². The van der Waals surface area contributed by atoms with Crippen LogP contribution in [0.3, 0.4) is 0 Å². The standard InChI is InChI=1S/C12H16FN3/c13-11-5-12(15-8-14-11)16(6-9-1-2-9)7-10-3-4-10/h5,8-10H,1-4,6-7H2. The second kappa shape index (κ2) is 4.00. The number of aromatic nitrogens is 2. The summed E-state index contributed by atoms with van der Waals surface area (Å²) in [5.74, 6) is 1.93. The van der Waals surface area contributed by atoms with Crippen molar-refractivity contribution >= 4 is 5.82 Å². The first-order chi connectivity index (χ1) is 7.81. The fraction of sp³-hybridized carbons (Fsp3) is 0.667. The van der Waals surface area contributed by atoms with E-state index in [1.807, 2.05) is 0 Å². The number of halogens is 1. The Bertz CT molecular complexity index is 360. The van der Waals surface area contributed by atoms with Crippen LogP contribution in [0.5, 0.6) is 0 Å². The van der Waals surface area contributed by atoms with E-state index in [2.05, 4.69) is 14.9 Å². The third-order valence-electron chi connectivity index (χ3n) is 3.29. The molecule has 1 heterocycles. The summed E-state index contributed by atoms with van der Waals surface area (Å²) in [6, 6.07) is 1.45. The molecule has 16 heavy (non-hydrogen) atoms. The van der Waals surface area contributed by atoms with Crippen molar-refractivity contribution in [2.75, 3.05) is 18.0 Å². The van der Waals surface area contributed by atoms with Crippen LogP contribution in [0, 0.1) is 17.8 Å². The van der Waals surface area contributed by atoms with Gasteiger partial charge in [0.25, 0.3) is 0 Å². The number of anilines is 1. The molecule has 3 rings (SSSR count). The first-order valence-corrected chi connectivity index (χ1v) is 6.04. The Morgan fingerprint density at radius 2 is 1.75 bits per heavy atom. The summed E-state index contributed by atoms with van der Waals surface area (Å²) < 4.78 is 13.1. The van der Waals surface area contributed by atoms with Crippen LogP contribution in [0.4, 0.5) is 10.2 Å². The Hall–Kier alpha value is -1.19. The van der Waals surface area contributed by atoms with Crippen LogP contribution in [-0.4, -0.2) is 23.1 Å². The molecule has 0 saturated heterocycles. The lowest BCUT2D eigenvalue weighted by Gasteiger charge is -2.23. The van der Waals surface area contributed by atoms with E-state index >= 15 is 0 Å². The number of rotatable bonds is 5. The van der Waals surface area contributed by atoms with Crippen molar-refractivity contribution in [1.82, 2.24) is 9.97 Å². The zero-order chi connectivity index (χ0) is 11.0. The topological polar surface area (TPSA) is 29.0 Å². The minimum absolute atomic E-state index is 0.429. The van der Waals surface area contributed by atoms with Gasteiger partial charge in [-0.05, 0) is 37.5 Å². The lowest BCUT2D eigenvalue weighted by Crippen LogP contribution is -2.29. The minimum atomic E-state index is -0.429. The Morgan fingerprint density at radius 1 is 1.12 bits per heavy atom. The molecule has 0 unspecified atom stereocenters. The van der Waals surface area contributed by atoms with Gasteiger partial charge >= 0.3 is 0 Å². The van der Waals surface area contributed by atoms with Crippen molar-refractivity contribution < 1.29 is 4.39 Å². The zero-order valence-corrected chi connectivity index (χ0v) is 9.27. The Labute approximate surface area is 94.7 Å². The highest BCUT2D eigenvalue weighted by atomic mass is 19.1. The van der Waals surface area contributed by atoms with Crippen molar-refractivity contribution in [2.24, 2.45) is 11.8 Å². The first kappa shape index (κ1) is 10.00. The van der Waals surface area contributed by atoms with E-state index in [-0.39, 0.29) is 0 Å². The monoisotopic (exact) mass is 221 g/mol. The van der Waals surface area contributed by atoms with Gasteiger partial charge in [-0.2, -0.15) is 4.39 Å². The molecule has 4 heteroatoms. The summed E-state index contributed by atoms with van der Waals surface area (Å²) in [6.45, 7) is 2.07. The predicted molar refractivity (Wildman–Crippen MR) is 59.7 cm³/mol. The van der Waals surface area contributed by atoms with E-state index in [0.717, 1.165) is 30.7 Å². The van der Waals surface area contributed by atoms with Gasteiger partial charge in [0, 0.05) is 19.2 Å². The average molecular weight is 221 g/mol. The zero-order valence-electron chi connectivity index (χ0n) is 9.27. The molecule has 2 aliphatic rings. The lowest BCUT2D eigenvalue weighted by molar-refractivity contribution is 0.575. The van der Waals surface area contributed by atoms with Gasteiger partial charge in [0.1, 0.15) is 12.1 Å². The van der Waals surface area contributed by atoms with Crippen LogP contribution >= 0.6 is 0 Å². The van der Waals surface area contributed by atoms with E-state index in [1.165, 1.54) is 38.1 Å². The second-order valence-electron chi connectivity index (χ2n) is 4.99. The van der Waals surface area contributed by atoms with Crippen LogP contribution in [-0.2, 0) is 0 Å². The van der Waals surface area contributed by atoms with Crippen molar-refractivity contribution in [1.29, 1.82) is 0 Å². The molecule has 2 aliphatic carbocycles. The van der Waals surface area contributed by atoms with Crippen molar-refractivity contribution in [3.8, 4) is 0 Å². The van der Waals surface area contributed by atoms with E-state index in [0.29, 0.717) is 0 Å². The number of hydrogen-bond donors (Lipinski definition) is 0. The summed E-state index contributed by atoms with van der Waals surface area (Å²) in [4.78, 5) is 9.92. The van der Waals surface area contributed by atoms with Gasteiger partial charge in [0.15, 0.2) is 0 Å². The molecule has 3 nitrogen and oxygen atoms in total. The molecule has 1 aromatic heterocycles. The summed E-state index contributed by atoms with van der Waals surface area (Å²) in [6.07, 6.45) is 6.57. The number of hydrogen-bond acceptors (Lipinski definition) is 3. The molecule has 0 aromatic carbocycles.